The molecule has 1 atom stereocenters. The second-order valence-corrected chi connectivity index (χ2v) is 6.09. The SMILES string of the molecule is CC(C)CNC1CCCC(C)(C)CC1. The Hall–Kier alpha value is -0.0400. The van der Waals surface area contributed by atoms with E-state index in [-0.39, 0.29) is 0 Å². The zero-order valence-corrected chi connectivity index (χ0v) is 10.4. The van der Waals surface area contributed by atoms with Gasteiger partial charge in [0.2, 0.25) is 0 Å². The first kappa shape index (κ1) is 12.0. The van der Waals surface area contributed by atoms with E-state index >= 15 is 0 Å². The summed E-state index contributed by atoms with van der Waals surface area (Å²) < 4.78 is 0. The molecule has 0 aromatic carbocycles. The van der Waals surface area contributed by atoms with Crippen LogP contribution in [0.4, 0.5) is 0 Å². The molecule has 1 nitrogen and oxygen atoms in total. The monoisotopic (exact) mass is 197 g/mol. The van der Waals surface area contributed by atoms with Gasteiger partial charge in [0.05, 0.1) is 0 Å². The minimum atomic E-state index is 0.592. The molecule has 0 saturated heterocycles. The van der Waals surface area contributed by atoms with Gasteiger partial charge in [0.15, 0.2) is 0 Å². The summed E-state index contributed by atoms with van der Waals surface area (Å²) in [6, 6.07) is 0.791. The van der Waals surface area contributed by atoms with Crippen molar-refractivity contribution in [3.63, 3.8) is 0 Å². The van der Waals surface area contributed by atoms with Crippen molar-refractivity contribution >= 4 is 0 Å². The van der Waals surface area contributed by atoms with Gasteiger partial charge < -0.3 is 5.32 Å². The highest BCUT2D eigenvalue weighted by Gasteiger charge is 2.23. The van der Waals surface area contributed by atoms with Crippen molar-refractivity contribution in [2.75, 3.05) is 6.54 Å². The van der Waals surface area contributed by atoms with Gasteiger partial charge in [0.25, 0.3) is 0 Å². The summed E-state index contributed by atoms with van der Waals surface area (Å²) in [6.07, 6.45) is 6.97. The van der Waals surface area contributed by atoms with E-state index in [1.807, 2.05) is 0 Å². The smallest absolute Gasteiger partial charge is 0.00673 e. The van der Waals surface area contributed by atoms with Crippen LogP contribution in [0.15, 0.2) is 0 Å². The largest absolute Gasteiger partial charge is 0.314 e. The van der Waals surface area contributed by atoms with Crippen molar-refractivity contribution in [1.82, 2.24) is 5.32 Å². The van der Waals surface area contributed by atoms with E-state index in [9.17, 15) is 0 Å². The zero-order valence-electron chi connectivity index (χ0n) is 10.4. The second-order valence-electron chi connectivity index (χ2n) is 6.09. The molecule has 0 bridgehead atoms. The highest BCUT2D eigenvalue weighted by Crippen LogP contribution is 2.33. The summed E-state index contributed by atoms with van der Waals surface area (Å²) in [5.41, 5.74) is 0.592. The Labute approximate surface area is 89.7 Å². The van der Waals surface area contributed by atoms with Crippen LogP contribution in [-0.4, -0.2) is 12.6 Å². The van der Waals surface area contributed by atoms with E-state index in [1.54, 1.807) is 0 Å². The normalized spacial score (nSPS) is 27.6. The molecule has 1 saturated carbocycles. The second kappa shape index (κ2) is 5.16. The first-order valence-electron chi connectivity index (χ1n) is 6.23. The topological polar surface area (TPSA) is 12.0 Å². The van der Waals surface area contributed by atoms with Crippen molar-refractivity contribution in [3.8, 4) is 0 Å². The van der Waals surface area contributed by atoms with Gasteiger partial charge in [-0.1, -0.05) is 34.1 Å². The highest BCUT2D eigenvalue weighted by molar-refractivity contribution is 4.79. The molecule has 1 aliphatic rings. The van der Waals surface area contributed by atoms with Crippen LogP contribution < -0.4 is 5.32 Å². The predicted octanol–water partition coefficient (Wildman–Crippen LogP) is 3.59. The predicted molar refractivity (Wildman–Crippen MR) is 63.5 cm³/mol. The molecule has 0 amide bonds. The van der Waals surface area contributed by atoms with Crippen LogP contribution >= 0.6 is 0 Å². The fourth-order valence-corrected chi connectivity index (χ4v) is 2.27. The lowest BCUT2D eigenvalue weighted by atomic mass is 9.85. The number of hydrogen-bond donors (Lipinski definition) is 1. The zero-order chi connectivity index (χ0) is 10.6. The van der Waals surface area contributed by atoms with E-state index in [1.165, 1.54) is 38.6 Å². The third kappa shape index (κ3) is 4.45. The Bertz CT molecular complexity index is 161. The van der Waals surface area contributed by atoms with E-state index < -0.39 is 0 Å². The third-order valence-corrected chi connectivity index (χ3v) is 3.39. The van der Waals surface area contributed by atoms with E-state index in [0.29, 0.717) is 5.41 Å². The maximum Gasteiger partial charge on any atom is 0.00673 e. The Morgan fingerprint density at radius 1 is 1.21 bits per heavy atom. The molecule has 1 fully saturated rings. The molecule has 0 spiro atoms. The Morgan fingerprint density at radius 2 is 1.93 bits per heavy atom. The van der Waals surface area contributed by atoms with Crippen LogP contribution in [0.3, 0.4) is 0 Å². The van der Waals surface area contributed by atoms with Gasteiger partial charge in [-0.25, -0.2) is 0 Å². The van der Waals surface area contributed by atoms with E-state index in [0.717, 1.165) is 12.0 Å². The summed E-state index contributed by atoms with van der Waals surface area (Å²) >= 11 is 0. The molecule has 0 aliphatic heterocycles. The molecule has 1 rings (SSSR count). The molecule has 0 aromatic rings. The summed E-state index contributed by atoms with van der Waals surface area (Å²) in [6.45, 7) is 10.6. The molecule has 1 heteroatoms. The van der Waals surface area contributed by atoms with E-state index in [2.05, 4.69) is 33.0 Å². The van der Waals surface area contributed by atoms with Gasteiger partial charge in [-0.3, -0.25) is 0 Å². The Morgan fingerprint density at radius 3 is 2.57 bits per heavy atom. The van der Waals surface area contributed by atoms with Crippen molar-refractivity contribution in [2.45, 2.75) is 65.8 Å². The van der Waals surface area contributed by atoms with Gasteiger partial charge in [0.1, 0.15) is 0 Å². The number of rotatable bonds is 3. The lowest BCUT2D eigenvalue weighted by Gasteiger charge is -2.22. The third-order valence-electron chi connectivity index (χ3n) is 3.39. The molecule has 1 aliphatic carbocycles. The molecule has 0 aromatic heterocycles. The van der Waals surface area contributed by atoms with Crippen molar-refractivity contribution < 1.29 is 0 Å². The summed E-state index contributed by atoms with van der Waals surface area (Å²) in [5, 5.41) is 3.70. The van der Waals surface area contributed by atoms with Gasteiger partial charge >= 0.3 is 0 Å². The highest BCUT2D eigenvalue weighted by atomic mass is 14.9. The van der Waals surface area contributed by atoms with Gasteiger partial charge in [-0.2, -0.15) is 0 Å². The van der Waals surface area contributed by atoms with Gasteiger partial charge in [-0.15, -0.1) is 0 Å². The fourth-order valence-electron chi connectivity index (χ4n) is 2.27. The molecule has 1 N–H and O–H groups in total. The van der Waals surface area contributed by atoms with Gasteiger partial charge in [0, 0.05) is 6.04 Å². The fraction of sp³-hybridized carbons (Fsp3) is 1.00. The van der Waals surface area contributed by atoms with Crippen LogP contribution in [0.25, 0.3) is 0 Å². The molecule has 0 heterocycles. The average molecular weight is 197 g/mol. The van der Waals surface area contributed by atoms with Crippen molar-refractivity contribution in [2.24, 2.45) is 11.3 Å². The molecular formula is C13H27N. The number of nitrogens with one attached hydrogen (secondary N) is 1. The summed E-state index contributed by atoms with van der Waals surface area (Å²) in [5.74, 6) is 0.784. The maximum absolute atomic E-state index is 3.70. The van der Waals surface area contributed by atoms with E-state index in [4.69, 9.17) is 0 Å². The molecule has 1 unspecified atom stereocenters. The van der Waals surface area contributed by atoms with Crippen LogP contribution in [0, 0.1) is 11.3 Å². The first-order chi connectivity index (χ1) is 6.49. The Balaban J connectivity index is 2.28. The minimum absolute atomic E-state index is 0.592. The van der Waals surface area contributed by atoms with Crippen LogP contribution in [0.5, 0.6) is 0 Å². The molecular weight excluding hydrogens is 170 g/mol. The molecule has 0 radical (unpaired) electrons. The quantitative estimate of drug-likeness (QED) is 0.682. The minimum Gasteiger partial charge on any atom is -0.314 e. The molecule has 14 heavy (non-hydrogen) atoms. The van der Waals surface area contributed by atoms with Crippen LogP contribution in [0.2, 0.25) is 0 Å². The van der Waals surface area contributed by atoms with Crippen LogP contribution in [-0.2, 0) is 0 Å². The lowest BCUT2D eigenvalue weighted by molar-refractivity contribution is 0.309. The van der Waals surface area contributed by atoms with Gasteiger partial charge in [-0.05, 0) is 43.6 Å². The first-order valence-corrected chi connectivity index (χ1v) is 6.23. The number of hydrogen-bond acceptors (Lipinski definition) is 1. The van der Waals surface area contributed by atoms with Crippen molar-refractivity contribution in [3.05, 3.63) is 0 Å². The maximum atomic E-state index is 3.70. The van der Waals surface area contributed by atoms with Crippen LogP contribution in [0.1, 0.15) is 59.8 Å². The van der Waals surface area contributed by atoms with Crippen molar-refractivity contribution in [1.29, 1.82) is 0 Å². The summed E-state index contributed by atoms with van der Waals surface area (Å²) in [4.78, 5) is 0. The summed E-state index contributed by atoms with van der Waals surface area (Å²) in [7, 11) is 0. The Kier molecular flexibility index (Phi) is 4.43. The standard InChI is InChI=1S/C13H27N/c1-11(2)10-14-12-6-5-8-13(3,4)9-7-12/h11-12,14H,5-10H2,1-4H3. The lowest BCUT2D eigenvalue weighted by Crippen LogP contribution is -2.31. The molecule has 84 valence electrons. The average Bonchev–Trinajstić information content (AvgIpc) is 2.23.